The summed E-state index contributed by atoms with van der Waals surface area (Å²) in [5.41, 5.74) is 1.94. The first-order chi connectivity index (χ1) is 14.5. The molecule has 1 aliphatic carbocycles. The molecule has 156 valence electrons. The van der Waals surface area contributed by atoms with Crippen LogP contribution in [0.4, 0.5) is 0 Å². The van der Waals surface area contributed by atoms with E-state index in [9.17, 15) is 14.9 Å². The summed E-state index contributed by atoms with van der Waals surface area (Å²) in [4.78, 5) is 28.1. The molecule has 2 heterocycles. The van der Waals surface area contributed by atoms with E-state index in [0.717, 1.165) is 26.2 Å². The van der Waals surface area contributed by atoms with Crippen molar-refractivity contribution in [3.05, 3.63) is 69.9 Å². The summed E-state index contributed by atoms with van der Waals surface area (Å²) in [5, 5.41) is 22.2. The molecule has 1 aromatic rings. The zero-order valence-electron chi connectivity index (χ0n) is 16.8. The van der Waals surface area contributed by atoms with E-state index >= 15 is 0 Å². The van der Waals surface area contributed by atoms with Crippen LogP contribution in [0.25, 0.3) is 0 Å². The number of nitrogens with zero attached hydrogens (tertiary/aromatic N) is 5. The Bertz CT molecular complexity index is 953. The molecule has 0 spiro atoms. The summed E-state index contributed by atoms with van der Waals surface area (Å²) in [7, 11) is 2.04. The zero-order chi connectivity index (χ0) is 21.1. The van der Waals surface area contributed by atoms with Crippen LogP contribution in [0, 0.1) is 16.0 Å². The minimum Gasteiger partial charge on any atom is -0.346 e. The number of allylic oxidation sites excluding steroid dienone is 3. The largest absolute Gasteiger partial charge is 0.346 e. The summed E-state index contributed by atoms with van der Waals surface area (Å²) in [5.74, 6) is -0.896. The normalized spacial score (nSPS) is 24.4. The average Bonchev–Trinajstić information content (AvgIpc) is 3.08. The number of likely N-dealkylation sites (N-methyl/N-ethyl adjacent to an activating group) is 1. The van der Waals surface area contributed by atoms with Crippen LogP contribution in [0.15, 0.2) is 64.5 Å². The van der Waals surface area contributed by atoms with Crippen molar-refractivity contribution in [3.63, 3.8) is 0 Å². The number of nitro groups is 1. The second kappa shape index (κ2) is 8.68. The van der Waals surface area contributed by atoms with Gasteiger partial charge in [0.05, 0.1) is 22.6 Å². The molecule has 3 aliphatic rings. The number of carbonyl (C=O) groups excluding carboxylic acids is 1. The van der Waals surface area contributed by atoms with Crippen LogP contribution in [0.3, 0.4) is 0 Å². The van der Waals surface area contributed by atoms with Gasteiger partial charge in [0.1, 0.15) is 5.71 Å². The fourth-order valence-electron chi connectivity index (χ4n) is 3.96. The average molecular weight is 408 g/mol. The lowest BCUT2D eigenvalue weighted by molar-refractivity contribution is -0.419. The Morgan fingerprint density at radius 2 is 2.00 bits per heavy atom. The second-order valence-corrected chi connectivity index (χ2v) is 7.82. The van der Waals surface area contributed by atoms with Gasteiger partial charge in [0.2, 0.25) is 0 Å². The fourth-order valence-corrected chi connectivity index (χ4v) is 3.96. The number of hydrogen-bond donors (Lipinski definition) is 1. The topological polar surface area (TPSA) is 103 Å². The van der Waals surface area contributed by atoms with Gasteiger partial charge in [-0.1, -0.05) is 30.3 Å². The number of rotatable bonds is 5. The molecule has 1 amide bonds. The van der Waals surface area contributed by atoms with Crippen LogP contribution in [-0.2, 0) is 11.3 Å². The van der Waals surface area contributed by atoms with Gasteiger partial charge in [0.25, 0.3) is 11.6 Å². The predicted octanol–water partition coefficient (Wildman–Crippen LogP) is 1.08. The molecule has 1 aromatic carbocycles. The number of amides is 1. The smallest absolute Gasteiger partial charge is 0.268 e. The Morgan fingerprint density at radius 1 is 1.20 bits per heavy atom. The molecule has 1 saturated heterocycles. The number of fused-ring (bicyclic) bond motifs is 1. The Hall–Kier alpha value is -3.17. The Labute approximate surface area is 174 Å². The van der Waals surface area contributed by atoms with Crippen LogP contribution < -0.4 is 5.32 Å². The third kappa shape index (κ3) is 4.52. The molecule has 4 rings (SSSR count). The van der Waals surface area contributed by atoms with Crippen molar-refractivity contribution in [2.75, 3.05) is 33.2 Å². The minimum atomic E-state index is -0.570. The van der Waals surface area contributed by atoms with Crippen LogP contribution in [0.1, 0.15) is 5.56 Å². The van der Waals surface area contributed by atoms with Gasteiger partial charge in [-0.2, -0.15) is 5.10 Å². The van der Waals surface area contributed by atoms with Crippen molar-refractivity contribution in [3.8, 4) is 0 Å². The maximum absolute atomic E-state index is 13.0. The van der Waals surface area contributed by atoms with E-state index in [-0.39, 0.29) is 23.4 Å². The van der Waals surface area contributed by atoms with Crippen LogP contribution >= 0.6 is 0 Å². The first-order valence-electron chi connectivity index (χ1n) is 9.95. The van der Waals surface area contributed by atoms with Crippen LogP contribution in [0.5, 0.6) is 0 Å². The maximum atomic E-state index is 13.0. The lowest BCUT2D eigenvalue weighted by atomic mass is 9.92. The molecule has 1 fully saturated rings. The number of carbonyl (C=O) groups is 1. The van der Waals surface area contributed by atoms with Crippen LogP contribution in [0.2, 0.25) is 0 Å². The first kappa shape index (κ1) is 20.1. The molecule has 0 radical (unpaired) electrons. The fraction of sp³-hybridized carbons (Fsp3) is 0.381. The number of benzene rings is 1. The van der Waals surface area contributed by atoms with Crippen molar-refractivity contribution < 1.29 is 9.72 Å². The van der Waals surface area contributed by atoms with E-state index in [0.29, 0.717) is 12.3 Å². The summed E-state index contributed by atoms with van der Waals surface area (Å²) in [6, 6.07) is 10.2. The molecule has 0 saturated carbocycles. The van der Waals surface area contributed by atoms with E-state index in [1.807, 2.05) is 25.2 Å². The molecule has 2 aliphatic heterocycles. The molecule has 9 heteroatoms. The monoisotopic (exact) mass is 408 g/mol. The zero-order valence-corrected chi connectivity index (χ0v) is 16.8. The lowest BCUT2D eigenvalue weighted by Gasteiger charge is -2.25. The Kier molecular flexibility index (Phi) is 5.82. The number of nitrogens with one attached hydrogen (secondary N) is 1. The van der Waals surface area contributed by atoms with Crippen molar-refractivity contribution >= 4 is 17.3 Å². The summed E-state index contributed by atoms with van der Waals surface area (Å²) in [6.45, 7) is 4.08. The first-order valence-corrected chi connectivity index (χ1v) is 9.95. The van der Waals surface area contributed by atoms with Crippen LogP contribution in [-0.4, -0.2) is 71.3 Å². The second-order valence-electron chi connectivity index (χ2n) is 7.82. The van der Waals surface area contributed by atoms with E-state index in [2.05, 4.69) is 37.5 Å². The third-order valence-electron chi connectivity index (χ3n) is 5.48. The van der Waals surface area contributed by atoms with Gasteiger partial charge < -0.3 is 10.2 Å². The molecule has 30 heavy (non-hydrogen) atoms. The SMILES string of the molecule is CN1CCN(Cc2ccccc2)CC(NC(=O)C2=NN=C3C=CC([N+](=O)[O-])=CC32)C1. The van der Waals surface area contributed by atoms with E-state index in [1.165, 1.54) is 17.7 Å². The molecule has 0 bridgehead atoms. The molecule has 2 atom stereocenters. The third-order valence-corrected chi connectivity index (χ3v) is 5.48. The van der Waals surface area contributed by atoms with Gasteiger partial charge in [-0.3, -0.25) is 19.8 Å². The lowest BCUT2D eigenvalue weighted by Crippen LogP contribution is -2.49. The predicted molar refractivity (Wildman–Crippen MR) is 114 cm³/mol. The van der Waals surface area contributed by atoms with Gasteiger partial charge in [-0.25, -0.2) is 0 Å². The molecule has 0 aromatic heterocycles. The van der Waals surface area contributed by atoms with Gasteiger partial charge >= 0.3 is 0 Å². The summed E-state index contributed by atoms with van der Waals surface area (Å²) in [6.07, 6.45) is 4.37. The molecule has 1 N–H and O–H groups in total. The Balaban J connectivity index is 1.43. The van der Waals surface area contributed by atoms with Gasteiger partial charge in [0, 0.05) is 44.9 Å². The van der Waals surface area contributed by atoms with Crippen molar-refractivity contribution in [2.24, 2.45) is 16.1 Å². The molecular weight excluding hydrogens is 384 g/mol. The van der Waals surface area contributed by atoms with Crippen molar-refractivity contribution in [2.45, 2.75) is 12.6 Å². The maximum Gasteiger partial charge on any atom is 0.268 e. The minimum absolute atomic E-state index is 0.0513. The number of hydrogen-bond acceptors (Lipinski definition) is 7. The summed E-state index contributed by atoms with van der Waals surface area (Å²) >= 11 is 0. The highest BCUT2D eigenvalue weighted by Crippen LogP contribution is 2.22. The molecule has 9 nitrogen and oxygen atoms in total. The molecule has 2 unspecified atom stereocenters. The van der Waals surface area contributed by atoms with E-state index < -0.39 is 10.8 Å². The van der Waals surface area contributed by atoms with Gasteiger partial charge in [0.15, 0.2) is 0 Å². The highest BCUT2D eigenvalue weighted by molar-refractivity contribution is 6.46. The highest BCUT2D eigenvalue weighted by Gasteiger charge is 2.35. The van der Waals surface area contributed by atoms with Crippen molar-refractivity contribution in [1.82, 2.24) is 15.1 Å². The van der Waals surface area contributed by atoms with E-state index in [1.54, 1.807) is 6.08 Å². The van der Waals surface area contributed by atoms with Gasteiger partial charge in [-0.05, 0) is 18.7 Å². The highest BCUT2D eigenvalue weighted by atomic mass is 16.6. The Morgan fingerprint density at radius 3 is 2.77 bits per heavy atom. The van der Waals surface area contributed by atoms with Crippen molar-refractivity contribution in [1.29, 1.82) is 0 Å². The molecular formula is C21H24N6O3. The quantitative estimate of drug-likeness (QED) is 0.580. The van der Waals surface area contributed by atoms with Gasteiger partial charge in [-0.15, -0.1) is 5.10 Å². The summed E-state index contributed by atoms with van der Waals surface area (Å²) < 4.78 is 0. The standard InChI is InChI=1S/C21H24N6O3/c1-25-9-10-26(12-15-5-3-2-4-6-15)14-16(13-25)22-21(28)20-18-11-17(27(29)30)7-8-19(18)23-24-20/h2-8,11,16,18H,9-10,12-14H2,1H3,(H,22,28). The van der Waals surface area contributed by atoms with E-state index in [4.69, 9.17) is 0 Å².